The second kappa shape index (κ2) is 13.1. The number of nitrogens with two attached hydrogens (primary N) is 1. The highest BCUT2D eigenvalue weighted by Crippen LogP contribution is 2.18. The van der Waals surface area contributed by atoms with Crippen molar-refractivity contribution in [1.29, 1.82) is 0 Å². The number of unbranched alkanes of at least 4 members (excludes halogenated alkanes) is 5. The van der Waals surface area contributed by atoms with Gasteiger partial charge in [0.1, 0.15) is 0 Å². The van der Waals surface area contributed by atoms with Crippen LogP contribution in [-0.4, -0.2) is 17.4 Å². The second-order valence-electron chi connectivity index (χ2n) is 5.28. The summed E-state index contributed by atoms with van der Waals surface area (Å²) in [6.45, 7) is 3.21. The highest BCUT2D eigenvalue weighted by molar-refractivity contribution is 14.0. The summed E-state index contributed by atoms with van der Waals surface area (Å²) < 4.78 is 0. The number of benzene rings is 1. The monoisotopic (exact) mass is 434 g/mol. The van der Waals surface area contributed by atoms with E-state index in [1.165, 1.54) is 38.2 Å². The van der Waals surface area contributed by atoms with Gasteiger partial charge in [-0.05, 0) is 6.42 Å². The molecule has 0 aromatic heterocycles. The summed E-state index contributed by atoms with van der Waals surface area (Å²) in [4.78, 5) is 14.7. The standard InChI is InChI=1S/C16H26N4O2.HI/c1-2-3-4-5-6-9-12-18-16(17)19-13-14-10-7-8-11-15(14)20(21)22;/h7-8,10-11H,2-6,9,12-13H2,1H3,(H3,17,18,19);1H. The van der Waals surface area contributed by atoms with E-state index in [-0.39, 0.29) is 36.2 Å². The molecule has 0 aliphatic rings. The number of nitrogens with one attached hydrogen (secondary N) is 1. The molecule has 0 heterocycles. The van der Waals surface area contributed by atoms with Crippen LogP contribution in [0.25, 0.3) is 0 Å². The number of rotatable bonds is 10. The SMILES string of the molecule is CCCCCCCCNC(N)=NCc1ccccc1[N+](=O)[O-].I. The van der Waals surface area contributed by atoms with E-state index in [4.69, 9.17) is 5.73 Å². The molecule has 7 heteroatoms. The summed E-state index contributed by atoms with van der Waals surface area (Å²) in [6.07, 6.45) is 7.34. The maximum Gasteiger partial charge on any atom is 0.274 e. The quantitative estimate of drug-likeness (QED) is 0.146. The van der Waals surface area contributed by atoms with E-state index in [1.54, 1.807) is 18.2 Å². The molecular weight excluding hydrogens is 407 g/mol. The molecular formula is C16H27IN4O2. The summed E-state index contributed by atoms with van der Waals surface area (Å²) >= 11 is 0. The molecule has 0 aliphatic heterocycles. The summed E-state index contributed by atoms with van der Waals surface area (Å²) in [6, 6.07) is 6.58. The first kappa shape index (κ1) is 21.6. The summed E-state index contributed by atoms with van der Waals surface area (Å²) in [5.74, 6) is 0.340. The van der Waals surface area contributed by atoms with E-state index in [2.05, 4.69) is 17.2 Å². The molecule has 1 aromatic rings. The van der Waals surface area contributed by atoms with Crippen LogP contribution < -0.4 is 11.1 Å². The van der Waals surface area contributed by atoms with Gasteiger partial charge in [0, 0.05) is 12.6 Å². The smallest absolute Gasteiger partial charge is 0.274 e. The van der Waals surface area contributed by atoms with Gasteiger partial charge in [0.2, 0.25) is 0 Å². The zero-order chi connectivity index (χ0) is 16.2. The van der Waals surface area contributed by atoms with Crippen molar-refractivity contribution in [2.24, 2.45) is 10.7 Å². The van der Waals surface area contributed by atoms with Crippen molar-refractivity contribution in [2.75, 3.05) is 6.54 Å². The third kappa shape index (κ3) is 9.37. The first-order valence-corrected chi connectivity index (χ1v) is 7.91. The average molecular weight is 434 g/mol. The van der Waals surface area contributed by atoms with Crippen molar-refractivity contribution in [3.8, 4) is 0 Å². The van der Waals surface area contributed by atoms with E-state index >= 15 is 0 Å². The minimum atomic E-state index is -0.398. The van der Waals surface area contributed by atoms with Crippen LogP contribution >= 0.6 is 24.0 Å². The Morgan fingerprint density at radius 1 is 1.22 bits per heavy atom. The van der Waals surface area contributed by atoms with Crippen LogP contribution in [0.2, 0.25) is 0 Å². The van der Waals surface area contributed by atoms with Crippen molar-refractivity contribution < 1.29 is 4.92 Å². The summed E-state index contributed by atoms with van der Waals surface area (Å²) in [5, 5.41) is 13.9. The molecule has 3 N–H and O–H groups in total. The van der Waals surface area contributed by atoms with Gasteiger partial charge in [-0.15, -0.1) is 24.0 Å². The van der Waals surface area contributed by atoms with Gasteiger partial charge in [-0.25, -0.2) is 4.99 Å². The van der Waals surface area contributed by atoms with Crippen LogP contribution in [0.1, 0.15) is 51.0 Å². The molecule has 1 rings (SSSR count). The van der Waals surface area contributed by atoms with Gasteiger partial charge in [-0.2, -0.15) is 0 Å². The number of aliphatic imine (C=N–C) groups is 1. The maximum atomic E-state index is 10.9. The van der Waals surface area contributed by atoms with E-state index < -0.39 is 4.92 Å². The number of guanidine groups is 1. The van der Waals surface area contributed by atoms with Gasteiger partial charge in [0.05, 0.1) is 17.0 Å². The van der Waals surface area contributed by atoms with Crippen molar-refractivity contribution in [3.63, 3.8) is 0 Å². The fourth-order valence-corrected chi connectivity index (χ4v) is 2.17. The Kier molecular flexibility index (Phi) is 12.3. The molecule has 0 unspecified atom stereocenters. The van der Waals surface area contributed by atoms with Crippen LogP contribution in [0.4, 0.5) is 5.69 Å². The predicted octanol–water partition coefficient (Wildman–Crippen LogP) is 3.98. The Hall–Kier alpha value is -1.38. The van der Waals surface area contributed by atoms with Crippen molar-refractivity contribution in [3.05, 3.63) is 39.9 Å². The van der Waals surface area contributed by atoms with Gasteiger partial charge in [0.25, 0.3) is 5.69 Å². The Morgan fingerprint density at radius 3 is 2.57 bits per heavy atom. The van der Waals surface area contributed by atoms with E-state index in [0.29, 0.717) is 11.5 Å². The lowest BCUT2D eigenvalue weighted by Gasteiger charge is -2.06. The largest absolute Gasteiger partial charge is 0.370 e. The zero-order valence-corrected chi connectivity index (χ0v) is 16.0. The molecule has 0 aliphatic carbocycles. The van der Waals surface area contributed by atoms with Gasteiger partial charge in [-0.3, -0.25) is 10.1 Å². The van der Waals surface area contributed by atoms with E-state index in [1.807, 2.05) is 0 Å². The number of hydrogen-bond donors (Lipinski definition) is 2. The van der Waals surface area contributed by atoms with Gasteiger partial charge >= 0.3 is 0 Å². The minimum Gasteiger partial charge on any atom is -0.370 e. The molecule has 0 saturated heterocycles. The normalized spacial score (nSPS) is 10.9. The van der Waals surface area contributed by atoms with Crippen molar-refractivity contribution >= 4 is 35.6 Å². The van der Waals surface area contributed by atoms with Crippen molar-refractivity contribution in [1.82, 2.24) is 5.32 Å². The highest BCUT2D eigenvalue weighted by atomic mass is 127. The lowest BCUT2D eigenvalue weighted by molar-refractivity contribution is -0.385. The number of nitro benzene ring substituents is 1. The Morgan fingerprint density at radius 2 is 1.87 bits per heavy atom. The Balaban J connectivity index is 0.00000484. The molecule has 0 bridgehead atoms. The number of halogens is 1. The van der Waals surface area contributed by atoms with E-state index in [9.17, 15) is 10.1 Å². The van der Waals surface area contributed by atoms with Crippen LogP contribution in [0.3, 0.4) is 0 Å². The summed E-state index contributed by atoms with van der Waals surface area (Å²) in [5.41, 5.74) is 6.42. The molecule has 0 amide bonds. The lowest BCUT2D eigenvalue weighted by atomic mass is 10.1. The molecule has 0 saturated carbocycles. The van der Waals surface area contributed by atoms with Gasteiger partial charge in [-0.1, -0.05) is 57.2 Å². The molecule has 0 spiro atoms. The summed E-state index contributed by atoms with van der Waals surface area (Å²) in [7, 11) is 0. The first-order chi connectivity index (χ1) is 10.6. The Bertz CT molecular complexity index is 495. The molecule has 6 nitrogen and oxygen atoms in total. The van der Waals surface area contributed by atoms with Crippen molar-refractivity contribution in [2.45, 2.75) is 52.0 Å². The fourth-order valence-electron chi connectivity index (χ4n) is 2.17. The topological polar surface area (TPSA) is 93.5 Å². The van der Waals surface area contributed by atoms with Crippen LogP contribution in [0.5, 0.6) is 0 Å². The molecule has 0 radical (unpaired) electrons. The highest BCUT2D eigenvalue weighted by Gasteiger charge is 2.11. The van der Waals surface area contributed by atoms with Crippen LogP contribution in [-0.2, 0) is 6.54 Å². The van der Waals surface area contributed by atoms with Crippen LogP contribution in [0.15, 0.2) is 29.3 Å². The maximum absolute atomic E-state index is 10.9. The molecule has 1 aromatic carbocycles. The Labute approximate surface area is 155 Å². The number of nitro groups is 1. The molecule has 0 atom stereocenters. The third-order valence-corrected chi connectivity index (χ3v) is 3.44. The number of para-hydroxylation sites is 1. The lowest BCUT2D eigenvalue weighted by Crippen LogP contribution is -2.32. The number of nitrogens with zero attached hydrogens (tertiary/aromatic N) is 2. The zero-order valence-electron chi connectivity index (χ0n) is 13.7. The fraction of sp³-hybridized carbons (Fsp3) is 0.562. The molecule has 23 heavy (non-hydrogen) atoms. The predicted molar refractivity (Wildman–Crippen MR) is 105 cm³/mol. The van der Waals surface area contributed by atoms with Gasteiger partial charge < -0.3 is 11.1 Å². The third-order valence-electron chi connectivity index (χ3n) is 3.44. The first-order valence-electron chi connectivity index (χ1n) is 7.91. The minimum absolute atomic E-state index is 0. The molecule has 0 fully saturated rings. The van der Waals surface area contributed by atoms with Gasteiger partial charge in [0.15, 0.2) is 5.96 Å². The molecule has 130 valence electrons. The average Bonchev–Trinajstić information content (AvgIpc) is 2.52. The van der Waals surface area contributed by atoms with E-state index in [0.717, 1.165) is 13.0 Å². The second-order valence-corrected chi connectivity index (χ2v) is 5.28. The van der Waals surface area contributed by atoms with Crippen LogP contribution in [0, 0.1) is 10.1 Å². The number of hydrogen-bond acceptors (Lipinski definition) is 3.